The molecule has 3 rings (SSSR count). The molecule has 0 bridgehead atoms. The van der Waals surface area contributed by atoms with Crippen LogP contribution < -0.4 is 0 Å². The molecule has 152 valence electrons. The van der Waals surface area contributed by atoms with E-state index in [1.54, 1.807) is 31.7 Å². The van der Waals surface area contributed by atoms with Gasteiger partial charge in [-0.15, -0.1) is 0 Å². The van der Waals surface area contributed by atoms with Crippen molar-refractivity contribution in [2.75, 3.05) is 6.67 Å². The standard InChI is InChI=1S/C25H41FSi/c1-2-3-19-27-25-16-14-24(15-17-25)23-12-10-22(11-13-23)21-8-6-20(7-9-21)5-4-18-26/h6-9,22-25H,2-5,10-19,27H2,1H3/t22-,23-,24-,25-. The van der Waals surface area contributed by atoms with Crippen molar-refractivity contribution in [1.82, 2.24) is 0 Å². The average molecular weight is 389 g/mol. The average Bonchev–Trinajstić information content (AvgIpc) is 2.73. The molecular formula is C25H41FSi. The third kappa shape index (κ3) is 6.44. The second-order valence-electron chi connectivity index (χ2n) is 9.42. The lowest BCUT2D eigenvalue weighted by atomic mass is 9.70. The molecular weight excluding hydrogens is 347 g/mol. The zero-order valence-corrected chi connectivity index (χ0v) is 19.0. The van der Waals surface area contributed by atoms with Crippen LogP contribution in [-0.4, -0.2) is 16.2 Å². The van der Waals surface area contributed by atoms with Crippen LogP contribution in [0.15, 0.2) is 24.3 Å². The molecule has 0 heterocycles. The molecule has 0 unspecified atom stereocenters. The highest BCUT2D eigenvalue weighted by Crippen LogP contribution is 2.45. The normalized spacial score (nSPS) is 29.4. The maximum absolute atomic E-state index is 12.3. The molecule has 2 saturated carbocycles. The molecule has 0 aliphatic heterocycles. The quantitative estimate of drug-likeness (QED) is 0.309. The van der Waals surface area contributed by atoms with Crippen molar-refractivity contribution in [1.29, 1.82) is 0 Å². The van der Waals surface area contributed by atoms with E-state index in [-0.39, 0.29) is 16.2 Å². The Morgan fingerprint density at radius 1 is 0.852 bits per heavy atom. The van der Waals surface area contributed by atoms with Gasteiger partial charge in [0.25, 0.3) is 0 Å². The second-order valence-corrected chi connectivity index (χ2v) is 11.9. The van der Waals surface area contributed by atoms with Crippen molar-refractivity contribution in [2.45, 2.75) is 101 Å². The van der Waals surface area contributed by atoms with Crippen LogP contribution >= 0.6 is 0 Å². The largest absolute Gasteiger partial charge is 0.251 e. The molecule has 0 saturated heterocycles. The summed E-state index contributed by atoms with van der Waals surface area (Å²) in [5, 5.41) is 0. The second kappa shape index (κ2) is 11.4. The molecule has 1 aromatic rings. The topological polar surface area (TPSA) is 0 Å². The van der Waals surface area contributed by atoms with Crippen molar-refractivity contribution in [3.05, 3.63) is 35.4 Å². The van der Waals surface area contributed by atoms with Gasteiger partial charge < -0.3 is 0 Å². The maximum atomic E-state index is 12.3. The van der Waals surface area contributed by atoms with Crippen LogP contribution in [-0.2, 0) is 6.42 Å². The molecule has 0 radical (unpaired) electrons. The third-order valence-electron chi connectivity index (χ3n) is 7.60. The Hall–Kier alpha value is -0.633. The fraction of sp³-hybridized carbons (Fsp3) is 0.760. The van der Waals surface area contributed by atoms with Gasteiger partial charge in [0, 0.05) is 9.52 Å². The van der Waals surface area contributed by atoms with Crippen LogP contribution in [0.3, 0.4) is 0 Å². The highest BCUT2D eigenvalue weighted by Gasteiger charge is 2.31. The van der Waals surface area contributed by atoms with Crippen molar-refractivity contribution in [3.63, 3.8) is 0 Å². The maximum Gasteiger partial charge on any atom is 0.0897 e. The lowest BCUT2D eigenvalue weighted by Gasteiger charge is -2.38. The predicted molar refractivity (Wildman–Crippen MR) is 119 cm³/mol. The van der Waals surface area contributed by atoms with E-state index in [1.165, 1.54) is 55.2 Å². The summed E-state index contributed by atoms with van der Waals surface area (Å²) < 4.78 is 12.3. The first-order chi connectivity index (χ1) is 13.3. The molecule has 0 N–H and O–H groups in total. The van der Waals surface area contributed by atoms with Crippen molar-refractivity contribution in [2.24, 2.45) is 11.8 Å². The highest BCUT2D eigenvalue weighted by atomic mass is 28.2. The Labute approximate surface area is 169 Å². The smallest absolute Gasteiger partial charge is 0.0897 e. The molecule has 0 atom stereocenters. The molecule has 2 heteroatoms. The minimum atomic E-state index is -0.200. The number of alkyl halides is 1. The molecule has 0 amide bonds. The first-order valence-electron chi connectivity index (χ1n) is 11.9. The van der Waals surface area contributed by atoms with E-state index >= 15 is 0 Å². The zero-order chi connectivity index (χ0) is 18.9. The summed E-state index contributed by atoms with van der Waals surface area (Å²) in [7, 11) is 0.230. The molecule has 0 spiro atoms. The van der Waals surface area contributed by atoms with Crippen LogP contribution in [0.2, 0.25) is 11.6 Å². The van der Waals surface area contributed by atoms with E-state index in [4.69, 9.17) is 0 Å². The number of rotatable bonds is 9. The zero-order valence-electron chi connectivity index (χ0n) is 17.6. The van der Waals surface area contributed by atoms with E-state index in [9.17, 15) is 4.39 Å². The SMILES string of the molecule is CCCC[SiH2][C@H]1CC[C@H]([C@H]2CC[C@H](c3ccc(CCCF)cc3)CC2)CC1. The molecule has 0 aromatic heterocycles. The van der Waals surface area contributed by atoms with E-state index in [2.05, 4.69) is 31.2 Å². The molecule has 27 heavy (non-hydrogen) atoms. The van der Waals surface area contributed by atoms with Crippen molar-refractivity contribution < 1.29 is 4.39 Å². The van der Waals surface area contributed by atoms with Gasteiger partial charge >= 0.3 is 0 Å². The first kappa shape index (κ1) is 21.1. The van der Waals surface area contributed by atoms with Gasteiger partial charge in [-0.2, -0.15) is 0 Å². The van der Waals surface area contributed by atoms with Crippen molar-refractivity contribution in [3.8, 4) is 0 Å². The summed E-state index contributed by atoms with van der Waals surface area (Å²) in [6.07, 6.45) is 16.3. The summed E-state index contributed by atoms with van der Waals surface area (Å²) in [5.41, 5.74) is 4.01. The Balaban J connectivity index is 1.39. The van der Waals surface area contributed by atoms with Gasteiger partial charge in [0.15, 0.2) is 0 Å². The number of unbranched alkanes of at least 4 members (excludes halogenated alkanes) is 1. The third-order valence-corrected chi connectivity index (χ3v) is 10.1. The van der Waals surface area contributed by atoms with Gasteiger partial charge in [-0.3, -0.25) is 4.39 Å². The van der Waals surface area contributed by atoms with Crippen molar-refractivity contribution >= 4 is 9.52 Å². The Morgan fingerprint density at radius 3 is 2.07 bits per heavy atom. The van der Waals surface area contributed by atoms with Gasteiger partial charge in [-0.05, 0) is 67.4 Å². The number of benzene rings is 1. The lowest BCUT2D eigenvalue weighted by molar-refractivity contribution is 0.186. The van der Waals surface area contributed by atoms with Crippen LogP contribution in [0.25, 0.3) is 0 Å². The van der Waals surface area contributed by atoms with Gasteiger partial charge in [0.05, 0.1) is 6.67 Å². The number of hydrogen-bond donors (Lipinski definition) is 0. The minimum Gasteiger partial charge on any atom is -0.251 e. The number of hydrogen-bond acceptors (Lipinski definition) is 0. The van der Waals surface area contributed by atoms with E-state index in [1.807, 2.05) is 0 Å². The number of aryl methyl sites for hydroxylation is 1. The molecule has 1 aromatic carbocycles. The summed E-state index contributed by atoms with van der Waals surface area (Å²) in [5.74, 6) is 2.84. The summed E-state index contributed by atoms with van der Waals surface area (Å²) in [6, 6.07) is 10.7. The van der Waals surface area contributed by atoms with Crippen LogP contribution in [0.5, 0.6) is 0 Å². The molecule has 0 nitrogen and oxygen atoms in total. The van der Waals surface area contributed by atoms with E-state index in [0.29, 0.717) is 6.42 Å². The Bertz CT molecular complexity index is 510. The van der Waals surface area contributed by atoms with Gasteiger partial charge in [-0.25, -0.2) is 0 Å². The van der Waals surface area contributed by atoms with E-state index < -0.39 is 0 Å². The number of halogens is 1. The van der Waals surface area contributed by atoms with Crippen LogP contribution in [0.1, 0.15) is 94.6 Å². The van der Waals surface area contributed by atoms with Gasteiger partial charge in [-0.1, -0.05) is 81.3 Å². The monoisotopic (exact) mass is 388 g/mol. The van der Waals surface area contributed by atoms with Crippen LogP contribution in [0, 0.1) is 11.8 Å². The highest BCUT2D eigenvalue weighted by molar-refractivity contribution is 6.37. The Morgan fingerprint density at radius 2 is 1.48 bits per heavy atom. The Kier molecular flexibility index (Phi) is 8.89. The summed E-state index contributed by atoms with van der Waals surface area (Å²) in [6.45, 7) is 2.14. The molecule has 2 aliphatic carbocycles. The summed E-state index contributed by atoms with van der Waals surface area (Å²) >= 11 is 0. The lowest BCUT2D eigenvalue weighted by Crippen LogP contribution is -2.25. The molecule has 2 aliphatic rings. The molecule has 2 fully saturated rings. The minimum absolute atomic E-state index is 0.200. The first-order valence-corrected chi connectivity index (χ1v) is 13.8. The fourth-order valence-electron chi connectivity index (χ4n) is 5.78. The fourth-order valence-corrected chi connectivity index (χ4v) is 8.20. The van der Waals surface area contributed by atoms with Gasteiger partial charge in [0.2, 0.25) is 0 Å². The predicted octanol–water partition coefficient (Wildman–Crippen LogP) is 7.23. The van der Waals surface area contributed by atoms with Gasteiger partial charge in [0.1, 0.15) is 0 Å². The van der Waals surface area contributed by atoms with Crippen LogP contribution in [0.4, 0.5) is 4.39 Å². The summed E-state index contributed by atoms with van der Waals surface area (Å²) in [4.78, 5) is 0. The van der Waals surface area contributed by atoms with E-state index in [0.717, 1.165) is 24.2 Å².